The van der Waals surface area contributed by atoms with Crippen LogP contribution in [0.5, 0.6) is 0 Å². The van der Waals surface area contributed by atoms with E-state index < -0.39 is 11.9 Å². The van der Waals surface area contributed by atoms with Crippen molar-refractivity contribution in [2.45, 2.75) is 50.4 Å². The first-order valence-corrected chi connectivity index (χ1v) is 13.6. The Morgan fingerprint density at radius 2 is 1.71 bits per heavy atom. The van der Waals surface area contributed by atoms with E-state index in [0.29, 0.717) is 44.7 Å². The molecule has 2 amide bonds. The van der Waals surface area contributed by atoms with Gasteiger partial charge >= 0.3 is 0 Å². The summed E-state index contributed by atoms with van der Waals surface area (Å²) in [5.41, 5.74) is 1.33. The molecular weight excluding hydrogens is 490 g/mol. The van der Waals surface area contributed by atoms with Gasteiger partial charge in [-0.25, -0.2) is 8.78 Å². The Morgan fingerprint density at radius 3 is 2.42 bits per heavy atom. The molecule has 0 radical (unpaired) electrons. The molecule has 1 N–H and O–H groups in total. The van der Waals surface area contributed by atoms with Gasteiger partial charge in [0, 0.05) is 57.5 Å². The molecule has 9 heteroatoms. The third-order valence-electron chi connectivity index (χ3n) is 7.85. The Balaban J connectivity index is 1.41. The monoisotopic (exact) mass is 526 g/mol. The van der Waals surface area contributed by atoms with Gasteiger partial charge in [0.2, 0.25) is 5.91 Å². The van der Waals surface area contributed by atoms with E-state index in [-0.39, 0.29) is 29.8 Å². The van der Waals surface area contributed by atoms with Crippen LogP contribution in [0, 0.1) is 11.6 Å². The third-order valence-corrected chi connectivity index (χ3v) is 7.85. The van der Waals surface area contributed by atoms with E-state index >= 15 is 0 Å². The number of hydrogen-bond donors (Lipinski definition) is 1. The minimum absolute atomic E-state index is 0.0366. The molecular formula is C29H36F2N4O3. The smallest absolute Gasteiger partial charge is 0.254 e. The molecule has 3 heterocycles. The molecule has 0 bridgehead atoms. The van der Waals surface area contributed by atoms with Gasteiger partial charge in [0.25, 0.3) is 5.91 Å². The van der Waals surface area contributed by atoms with Crippen molar-refractivity contribution in [2.75, 3.05) is 45.9 Å². The average Bonchev–Trinajstić information content (AvgIpc) is 3.52. The molecule has 3 aliphatic heterocycles. The van der Waals surface area contributed by atoms with E-state index in [9.17, 15) is 18.4 Å². The highest BCUT2D eigenvalue weighted by Gasteiger charge is 2.44. The number of hydrogen-bond acceptors (Lipinski definition) is 5. The number of carbonyl (C=O) groups is 2. The Bertz CT molecular complexity index is 1080. The molecule has 7 nitrogen and oxygen atoms in total. The fourth-order valence-corrected chi connectivity index (χ4v) is 5.79. The molecule has 204 valence electrons. The predicted molar refractivity (Wildman–Crippen MR) is 139 cm³/mol. The van der Waals surface area contributed by atoms with Gasteiger partial charge in [0.05, 0.1) is 6.10 Å². The Kier molecular flexibility index (Phi) is 8.66. The Labute approximate surface area is 222 Å². The van der Waals surface area contributed by atoms with Gasteiger partial charge < -0.3 is 19.9 Å². The SMILES string of the molecule is O=C(C1CC(N(Cc2ccc(F)cc2)CC2CCCO2)CN1C(=O)c1ccc(F)cc1)N1CCCNCC1. The standard InChI is InChI=1S/C29H36F2N4O3/c30-23-8-4-21(5-9-23)18-34(20-26-3-1-16-38-26)25-17-27(29(37)33-14-2-12-32-13-15-33)35(19-25)28(36)22-6-10-24(31)11-7-22/h4-11,25-27,32H,1-3,12-20H2. The van der Waals surface area contributed by atoms with Crippen molar-refractivity contribution in [1.29, 1.82) is 0 Å². The number of nitrogens with zero attached hydrogens (tertiary/aromatic N) is 3. The van der Waals surface area contributed by atoms with Gasteiger partial charge in [-0.2, -0.15) is 0 Å². The van der Waals surface area contributed by atoms with Gasteiger partial charge in [-0.05, 0) is 74.2 Å². The maximum atomic E-state index is 13.8. The van der Waals surface area contributed by atoms with Crippen LogP contribution in [0.1, 0.15) is 41.6 Å². The second-order valence-corrected chi connectivity index (χ2v) is 10.5. The quantitative estimate of drug-likeness (QED) is 0.601. The van der Waals surface area contributed by atoms with Crippen LogP contribution in [0.2, 0.25) is 0 Å². The van der Waals surface area contributed by atoms with Crippen molar-refractivity contribution in [3.63, 3.8) is 0 Å². The number of likely N-dealkylation sites (tertiary alicyclic amines) is 1. The molecule has 0 aliphatic carbocycles. The Hall–Kier alpha value is -2.88. The number of rotatable bonds is 7. The number of nitrogens with one attached hydrogen (secondary N) is 1. The topological polar surface area (TPSA) is 65.1 Å². The zero-order chi connectivity index (χ0) is 26.5. The lowest BCUT2D eigenvalue weighted by molar-refractivity contribution is -0.135. The van der Waals surface area contributed by atoms with E-state index in [1.807, 2.05) is 4.90 Å². The van der Waals surface area contributed by atoms with Crippen molar-refractivity contribution in [2.24, 2.45) is 0 Å². The summed E-state index contributed by atoms with van der Waals surface area (Å²) in [5, 5.41) is 3.33. The maximum absolute atomic E-state index is 13.8. The van der Waals surface area contributed by atoms with Crippen LogP contribution in [0.3, 0.4) is 0 Å². The maximum Gasteiger partial charge on any atom is 0.254 e. The molecule has 2 aromatic carbocycles. The average molecular weight is 527 g/mol. The normalized spacial score (nSPS) is 24.1. The fraction of sp³-hybridized carbons (Fsp3) is 0.517. The zero-order valence-electron chi connectivity index (χ0n) is 21.7. The highest BCUT2D eigenvalue weighted by Crippen LogP contribution is 2.29. The molecule has 0 spiro atoms. The van der Waals surface area contributed by atoms with Crippen molar-refractivity contribution in [1.82, 2.24) is 20.0 Å². The number of amides is 2. The van der Waals surface area contributed by atoms with Gasteiger partial charge in [-0.1, -0.05) is 12.1 Å². The van der Waals surface area contributed by atoms with E-state index in [2.05, 4.69) is 10.2 Å². The number of halogens is 2. The van der Waals surface area contributed by atoms with Crippen LogP contribution < -0.4 is 5.32 Å². The van der Waals surface area contributed by atoms with E-state index in [1.54, 1.807) is 17.0 Å². The highest BCUT2D eigenvalue weighted by atomic mass is 19.1. The summed E-state index contributed by atoms with van der Waals surface area (Å²) in [4.78, 5) is 33.3. The van der Waals surface area contributed by atoms with Crippen LogP contribution in [0.15, 0.2) is 48.5 Å². The largest absolute Gasteiger partial charge is 0.377 e. The molecule has 0 aromatic heterocycles. The van der Waals surface area contributed by atoms with Crippen LogP contribution in [0.25, 0.3) is 0 Å². The van der Waals surface area contributed by atoms with E-state index in [4.69, 9.17) is 4.74 Å². The molecule has 5 rings (SSSR count). The van der Waals surface area contributed by atoms with Crippen molar-refractivity contribution >= 4 is 11.8 Å². The molecule has 38 heavy (non-hydrogen) atoms. The lowest BCUT2D eigenvalue weighted by Crippen LogP contribution is -2.48. The molecule has 3 saturated heterocycles. The zero-order valence-corrected chi connectivity index (χ0v) is 21.7. The van der Waals surface area contributed by atoms with Crippen LogP contribution in [0.4, 0.5) is 8.78 Å². The third kappa shape index (κ3) is 6.39. The summed E-state index contributed by atoms with van der Waals surface area (Å²) in [6.45, 7) is 5.21. The minimum Gasteiger partial charge on any atom is -0.377 e. The lowest BCUT2D eigenvalue weighted by Gasteiger charge is -2.31. The Morgan fingerprint density at radius 1 is 0.974 bits per heavy atom. The van der Waals surface area contributed by atoms with Crippen molar-refractivity contribution < 1.29 is 23.1 Å². The summed E-state index contributed by atoms with van der Waals surface area (Å²) < 4.78 is 33.1. The first-order chi connectivity index (χ1) is 18.5. The van der Waals surface area contributed by atoms with Crippen molar-refractivity contribution in [3.05, 3.63) is 71.3 Å². The first kappa shape index (κ1) is 26.7. The molecule has 3 atom stereocenters. The second-order valence-electron chi connectivity index (χ2n) is 10.5. The van der Waals surface area contributed by atoms with Gasteiger partial charge in [0.1, 0.15) is 17.7 Å². The summed E-state index contributed by atoms with van der Waals surface area (Å²) in [6.07, 6.45) is 3.43. The first-order valence-electron chi connectivity index (χ1n) is 13.6. The van der Waals surface area contributed by atoms with E-state index in [0.717, 1.165) is 44.5 Å². The van der Waals surface area contributed by atoms with Crippen molar-refractivity contribution in [3.8, 4) is 0 Å². The van der Waals surface area contributed by atoms with Crippen LogP contribution in [-0.2, 0) is 16.1 Å². The second kappa shape index (κ2) is 12.3. The van der Waals surface area contributed by atoms with Gasteiger partial charge in [-0.3, -0.25) is 14.5 Å². The van der Waals surface area contributed by atoms with Crippen LogP contribution >= 0.6 is 0 Å². The van der Waals surface area contributed by atoms with E-state index in [1.165, 1.54) is 36.4 Å². The number of carbonyl (C=O) groups excluding carboxylic acids is 2. The highest BCUT2D eigenvalue weighted by molar-refractivity contribution is 5.98. The molecule has 2 aromatic rings. The summed E-state index contributed by atoms with van der Waals surface area (Å²) >= 11 is 0. The minimum atomic E-state index is -0.601. The molecule has 3 aliphatic rings. The van der Waals surface area contributed by atoms with Gasteiger partial charge in [-0.15, -0.1) is 0 Å². The summed E-state index contributed by atoms with van der Waals surface area (Å²) in [6, 6.07) is 11.3. The summed E-state index contributed by atoms with van der Waals surface area (Å²) in [5.74, 6) is -0.996. The fourth-order valence-electron chi connectivity index (χ4n) is 5.79. The molecule has 3 fully saturated rings. The number of ether oxygens (including phenoxy) is 1. The summed E-state index contributed by atoms with van der Waals surface area (Å²) in [7, 11) is 0. The molecule has 0 saturated carbocycles. The van der Waals surface area contributed by atoms with Gasteiger partial charge in [0.15, 0.2) is 0 Å². The molecule has 3 unspecified atom stereocenters. The lowest BCUT2D eigenvalue weighted by atomic mass is 10.1. The van der Waals surface area contributed by atoms with Crippen LogP contribution in [-0.4, -0.2) is 90.6 Å². The number of benzene rings is 2. The predicted octanol–water partition coefficient (Wildman–Crippen LogP) is 3.05.